The van der Waals surface area contributed by atoms with Gasteiger partial charge in [0.25, 0.3) is 0 Å². The minimum atomic E-state index is -2.24. The number of para-hydroxylation sites is 3. The number of imidazole rings is 1. The fraction of sp³-hybridized carbons (Fsp3) is 0.0667. The summed E-state index contributed by atoms with van der Waals surface area (Å²) in [5.74, 6) is 0.880. The van der Waals surface area contributed by atoms with Crippen molar-refractivity contribution >= 4 is 51.3 Å². The maximum absolute atomic E-state index is 4.98. The maximum atomic E-state index is 4.98. The molecule has 51 heavy (non-hydrogen) atoms. The summed E-state index contributed by atoms with van der Waals surface area (Å²) in [6.45, 7) is 4.81. The van der Waals surface area contributed by atoms with Crippen LogP contribution < -0.4 is 10.4 Å². The first-order chi connectivity index (χ1) is 24.5. The second-order valence-corrected chi connectivity index (χ2v) is 17.8. The second-order valence-electron chi connectivity index (χ2n) is 13.5. The predicted molar refractivity (Wildman–Crippen MR) is 211 cm³/mol. The molecule has 0 amide bonds. The number of benzene rings is 6. The van der Waals surface area contributed by atoms with Crippen molar-refractivity contribution in [2.24, 2.45) is 7.05 Å². The van der Waals surface area contributed by atoms with Crippen molar-refractivity contribution in [1.29, 1.82) is 0 Å². The summed E-state index contributed by atoms with van der Waals surface area (Å²) in [6.07, 6.45) is 4.08. The van der Waals surface area contributed by atoms with Gasteiger partial charge in [0.05, 0.1) is 8.07 Å². The molecule has 0 saturated heterocycles. The molecule has 0 radical (unpaired) electrons. The average Bonchev–Trinajstić information content (AvgIpc) is 3.69. The van der Waals surface area contributed by atoms with Gasteiger partial charge in [-0.2, -0.15) is 40.7 Å². The Kier molecular flexibility index (Phi) is 8.42. The maximum Gasteiger partial charge on any atom is 0.188 e. The van der Waals surface area contributed by atoms with E-state index in [1.165, 1.54) is 48.9 Å². The van der Waals surface area contributed by atoms with E-state index in [4.69, 9.17) is 4.98 Å². The van der Waals surface area contributed by atoms with Crippen molar-refractivity contribution in [2.45, 2.75) is 13.1 Å². The Bertz CT molecular complexity index is 2710. The monoisotopic (exact) mass is 854 g/mol. The first-order valence-electron chi connectivity index (χ1n) is 17.0. The number of pyridine rings is 1. The van der Waals surface area contributed by atoms with Crippen molar-refractivity contribution in [3.8, 4) is 33.8 Å². The fourth-order valence-electron chi connectivity index (χ4n) is 7.37. The molecule has 250 valence electrons. The van der Waals surface area contributed by atoms with Crippen molar-refractivity contribution in [2.75, 3.05) is 0 Å². The summed E-state index contributed by atoms with van der Waals surface area (Å²) < 4.78 is 6.70. The molecule has 0 unspecified atom stereocenters. The zero-order chi connectivity index (χ0) is 33.8. The Balaban J connectivity index is 0.00000374. The molecule has 6 heteroatoms. The third-order valence-electron chi connectivity index (χ3n) is 10.1. The molecule has 0 aliphatic rings. The molecule has 0 atom stereocenters. The van der Waals surface area contributed by atoms with Crippen LogP contribution in [0.15, 0.2) is 158 Å². The van der Waals surface area contributed by atoms with Crippen LogP contribution in [0.5, 0.6) is 0 Å². The Morgan fingerprint density at radius 3 is 2.06 bits per heavy atom. The smallest absolute Gasteiger partial charge is 0.188 e. The van der Waals surface area contributed by atoms with Crippen LogP contribution in [-0.2, 0) is 28.1 Å². The number of aromatic nitrogens is 4. The summed E-state index contributed by atoms with van der Waals surface area (Å²) in [5.41, 5.74) is 10.3. The summed E-state index contributed by atoms with van der Waals surface area (Å²) in [5, 5.41) is 4.85. The Morgan fingerprint density at radius 1 is 0.588 bits per heavy atom. The van der Waals surface area contributed by atoms with Crippen molar-refractivity contribution in [3.63, 3.8) is 0 Å². The van der Waals surface area contributed by atoms with Crippen LogP contribution in [-0.4, -0.2) is 26.8 Å². The van der Waals surface area contributed by atoms with E-state index < -0.39 is 8.07 Å². The second kappa shape index (κ2) is 13.1. The van der Waals surface area contributed by atoms with Gasteiger partial charge >= 0.3 is 0 Å². The number of rotatable bonds is 6. The zero-order valence-electron chi connectivity index (χ0n) is 28.6. The van der Waals surface area contributed by atoms with Crippen LogP contribution in [0, 0.1) is 12.1 Å². The van der Waals surface area contributed by atoms with Gasteiger partial charge < -0.3 is 4.57 Å². The van der Waals surface area contributed by atoms with E-state index in [9.17, 15) is 0 Å². The van der Waals surface area contributed by atoms with Crippen molar-refractivity contribution < 1.29 is 21.1 Å². The summed E-state index contributed by atoms with van der Waals surface area (Å²) in [4.78, 5) is 4.98. The van der Waals surface area contributed by atoms with Crippen LogP contribution in [0.4, 0.5) is 0 Å². The molecule has 6 aromatic carbocycles. The van der Waals surface area contributed by atoms with E-state index in [-0.39, 0.29) is 21.1 Å². The number of aryl methyl sites for hydroxylation is 1. The summed E-state index contributed by atoms with van der Waals surface area (Å²) in [7, 11) is -0.150. The SMILES string of the molecule is Cn1[cH+]n(-c2[c-]c([Si](C)(C)c3[c-]c4c(cc3)c3ccccc3n4-c3cc(-c4ccccc4-c4ccccc4)ccn3)ccc2)c2ccccc21.[Pt]. The molecule has 0 spiro atoms. The van der Waals surface area contributed by atoms with Crippen LogP contribution in [0.3, 0.4) is 0 Å². The van der Waals surface area contributed by atoms with Gasteiger partial charge in [0, 0.05) is 57.6 Å². The molecule has 0 aliphatic heterocycles. The van der Waals surface area contributed by atoms with Crippen LogP contribution in [0.25, 0.3) is 66.6 Å². The first-order valence-corrected chi connectivity index (χ1v) is 20.0. The molecule has 0 bridgehead atoms. The van der Waals surface area contributed by atoms with Gasteiger partial charge in [-0.1, -0.05) is 91.4 Å². The van der Waals surface area contributed by atoms with Gasteiger partial charge in [-0.15, -0.1) is 17.5 Å². The van der Waals surface area contributed by atoms with Crippen LogP contribution >= 0.6 is 0 Å². The molecule has 3 heterocycles. The van der Waals surface area contributed by atoms with Gasteiger partial charge in [-0.3, -0.25) is 0 Å². The average molecular weight is 855 g/mol. The summed E-state index contributed by atoms with van der Waals surface area (Å²) in [6, 6.07) is 59.6. The van der Waals surface area contributed by atoms with E-state index in [1.807, 2.05) is 6.20 Å². The van der Waals surface area contributed by atoms with Gasteiger partial charge in [0.15, 0.2) is 17.4 Å². The molecular formula is C45H35N4PtSi-. The molecule has 9 rings (SSSR count). The van der Waals surface area contributed by atoms with E-state index in [2.05, 4.69) is 198 Å². The molecule has 0 N–H and O–H groups in total. The predicted octanol–water partition coefficient (Wildman–Crippen LogP) is 9.50. The van der Waals surface area contributed by atoms with Gasteiger partial charge in [0.1, 0.15) is 5.82 Å². The number of hydrogen-bond donors (Lipinski definition) is 0. The molecule has 0 aliphatic carbocycles. The minimum absolute atomic E-state index is 0. The molecular weight excluding hydrogens is 820 g/mol. The largest absolute Gasteiger partial charge is 0.319 e. The Labute approximate surface area is 313 Å². The summed E-state index contributed by atoms with van der Waals surface area (Å²) >= 11 is 0. The van der Waals surface area contributed by atoms with E-state index in [0.717, 1.165) is 28.1 Å². The van der Waals surface area contributed by atoms with Gasteiger partial charge in [0.2, 0.25) is 0 Å². The molecule has 0 saturated carbocycles. The Morgan fingerprint density at radius 2 is 1.25 bits per heavy atom. The quantitative estimate of drug-likeness (QED) is 0.121. The Hall–Kier alpha value is -5.35. The van der Waals surface area contributed by atoms with Gasteiger partial charge in [-0.25, -0.2) is 14.1 Å². The van der Waals surface area contributed by atoms with E-state index >= 15 is 0 Å². The minimum Gasteiger partial charge on any atom is -0.319 e. The molecule has 4 nitrogen and oxygen atoms in total. The molecule has 3 aromatic heterocycles. The molecule has 9 aromatic rings. The normalized spacial score (nSPS) is 11.7. The van der Waals surface area contributed by atoms with E-state index in [0.29, 0.717) is 0 Å². The van der Waals surface area contributed by atoms with Crippen LogP contribution in [0.1, 0.15) is 0 Å². The number of nitrogens with zero attached hydrogens (tertiary/aromatic N) is 4. The number of fused-ring (bicyclic) bond motifs is 4. The van der Waals surface area contributed by atoms with Crippen molar-refractivity contribution in [1.82, 2.24) is 18.7 Å². The first kappa shape index (κ1) is 32.8. The zero-order valence-corrected chi connectivity index (χ0v) is 31.9. The third-order valence-corrected chi connectivity index (χ3v) is 13.4. The third kappa shape index (κ3) is 5.58. The van der Waals surface area contributed by atoms with Crippen molar-refractivity contribution in [3.05, 3.63) is 170 Å². The number of hydrogen-bond acceptors (Lipinski definition) is 1. The van der Waals surface area contributed by atoms with E-state index in [1.54, 1.807) is 0 Å². The van der Waals surface area contributed by atoms with Gasteiger partial charge in [-0.05, 0) is 58.0 Å². The fourth-order valence-corrected chi connectivity index (χ4v) is 9.54. The van der Waals surface area contributed by atoms with Crippen LogP contribution in [0.2, 0.25) is 13.1 Å². The molecule has 0 fully saturated rings. The topological polar surface area (TPSA) is 27.7 Å². The standard InChI is InChI=1S/C45H35N4Si.Pt/c1-47-31-48(43-23-12-11-22-42(43)47)34-16-13-17-35(29-34)50(2,3)36-24-25-40-39-20-9-10-21-41(39)49(44(40)30-36)45-28-33(26-27-46-45)38-19-8-7-18-37(38)32-14-5-4-6-15-32;/h4-28,31H,1-3H3;/q-1;.